The highest BCUT2D eigenvalue weighted by molar-refractivity contribution is 7.89. The predicted octanol–water partition coefficient (Wildman–Crippen LogP) is 4.13. The van der Waals surface area contributed by atoms with Crippen LogP contribution in [-0.4, -0.2) is 25.3 Å². The molecule has 0 aliphatic heterocycles. The van der Waals surface area contributed by atoms with Crippen LogP contribution in [0.25, 0.3) is 0 Å². The minimum atomic E-state index is -3.62. The first kappa shape index (κ1) is 17.8. The van der Waals surface area contributed by atoms with Crippen molar-refractivity contribution in [3.05, 3.63) is 28.8 Å². The topological polar surface area (TPSA) is 37.4 Å². The van der Waals surface area contributed by atoms with Crippen LogP contribution in [0.3, 0.4) is 0 Å². The molecule has 1 aromatic carbocycles. The summed E-state index contributed by atoms with van der Waals surface area (Å²) in [4.78, 5) is 0.131. The number of benzene rings is 1. The van der Waals surface area contributed by atoms with Gasteiger partial charge in [-0.15, -0.1) is 11.6 Å². The molecule has 0 fully saturated rings. The van der Waals surface area contributed by atoms with E-state index in [0.29, 0.717) is 6.54 Å². The summed E-state index contributed by atoms with van der Waals surface area (Å²) in [6.07, 6.45) is 0. The van der Waals surface area contributed by atoms with E-state index in [-0.39, 0.29) is 27.8 Å². The van der Waals surface area contributed by atoms with Gasteiger partial charge in [0.1, 0.15) is 4.90 Å². The molecule has 0 spiro atoms. The molecule has 0 bridgehead atoms. The zero-order valence-corrected chi connectivity index (χ0v) is 14.6. The summed E-state index contributed by atoms with van der Waals surface area (Å²) in [5, 5.41) is 0.230. The Labute approximate surface area is 131 Å². The summed E-state index contributed by atoms with van der Waals surface area (Å²) in [6, 6.07) is 4.75. The third-order valence-corrected chi connectivity index (χ3v) is 5.69. The summed E-state index contributed by atoms with van der Waals surface area (Å²) < 4.78 is 27.1. The van der Waals surface area contributed by atoms with Crippen LogP contribution in [0.2, 0.25) is 5.02 Å². The van der Waals surface area contributed by atoms with Gasteiger partial charge in [-0.2, -0.15) is 4.31 Å². The summed E-state index contributed by atoms with van der Waals surface area (Å²) >= 11 is 11.9. The van der Waals surface area contributed by atoms with Crippen molar-refractivity contribution in [1.29, 1.82) is 0 Å². The van der Waals surface area contributed by atoms with Gasteiger partial charge in [-0.25, -0.2) is 8.42 Å². The van der Waals surface area contributed by atoms with Gasteiger partial charge in [0.15, 0.2) is 0 Å². The highest BCUT2D eigenvalue weighted by Crippen LogP contribution is 2.28. The molecule has 0 heterocycles. The fraction of sp³-hybridized carbons (Fsp3) is 0.571. The average molecular weight is 338 g/mol. The van der Waals surface area contributed by atoms with Crippen LogP contribution >= 0.6 is 23.2 Å². The molecular formula is C14H21Cl2NO2S. The van der Waals surface area contributed by atoms with Crippen molar-refractivity contribution < 1.29 is 8.42 Å². The molecule has 0 aliphatic rings. The number of rotatable bonds is 6. The van der Waals surface area contributed by atoms with E-state index in [1.807, 2.05) is 27.7 Å². The number of hydrogen-bond donors (Lipinski definition) is 0. The number of hydrogen-bond acceptors (Lipinski definition) is 2. The molecule has 0 saturated heterocycles. The molecule has 1 aromatic rings. The van der Waals surface area contributed by atoms with Crippen LogP contribution in [0, 0.1) is 5.92 Å². The van der Waals surface area contributed by atoms with Gasteiger partial charge < -0.3 is 0 Å². The van der Waals surface area contributed by atoms with Gasteiger partial charge in [-0.1, -0.05) is 31.5 Å². The number of sulfonamides is 1. The van der Waals surface area contributed by atoms with Crippen LogP contribution in [-0.2, 0) is 15.9 Å². The van der Waals surface area contributed by atoms with E-state index in [1.54, 1.807) is 18.2 Å². The molecule has 0 atom stereocenters. The maximum atomic E-state index is 12.8. The molecule has 0 aliphatic carbocycles. The second-order valence-corrected chi connectivity index (χ2v) is 7.99. The van der Waals surface area contributed by atoms with Crippen molar-refractivity contribution >= 4 is 33.2 Å². The Bertz CT molecular complexity index is 556. The van der Waals surface area contributed by atoms with E-state index in [4.69, 9.17) is 23.2 Å². The Kier molecular flexibility index (Phi) is 6.32. The molecule has 3 nitrogen and oxygen atoms in total. The van der Waals surface area contributed by atoms with Gasteiger partial charge >= 0.3 is 0 Å². The largest absolute Gasteiger partial charge is 0.244 e. The highest BCUT2D eigenvalue weighted by Gasteiger charge is 2.29. The fourth-order valence-electron chi connectivity index (χ4n) is 1.90. The van der Waals surface area contributed by atoms with Crippen molar-refractivity contribution in [1.82, 2.24) is 4.31 Å². The maximum Gasteiger partial charge on any atom is 0.244 e. The van der Waals surface area contributed by atoms with E-state index in [1.165, 1.54) is 4.31 Å². The Balaban J connectivity index is 3.32. The Morgan fingerprint density at radius 3 is 2.25 bits per heavy atom. The first-order valence-electron chi connectivity index (χ1n) is 6.56. The van der Waals surface area contributed by atoms with Crippen molar-refractivity contribution in [2.45, 2.75) is 44.5 Å². The monoisotopic (exact) mass is 337 g/mol. The molecule has 6 heteroatoms. The summed E-state index contributed by atoms with van der Waals surface area (Å²) in [6.45, 7) is 8.16. The van der Waals surface area contributed by atoms with E-state index >= 15 is 0 Å². The van der Waals surface area contributed by atoms with Crippen molar-refractivity contribution in [2.24, 2.45) is 5.92 Å². The minimum Gasteiger partial charge on any atom is -0.207 e. The third-order valence-electron chi connectivity index (χ3n) is 2.86. The number of alkyl halides is 1. The SMILES string of the molecule is CC(C)CN(C(C)C)S(=O)(=O)c1cc(CCl)ccc1Cl. The summed E-state index contributed by atoms with van der Waals surface area (Å²) in [7, 11) is -3.62. The molecule has 0 N–H and O–H groups in total. The zero-order valence-electron chi connectivity index (χ0n) is 12.2. The van der Waals surface area contributed by atoms with E-state index in [2.05, 4.69) is 0 Å². The summed E-state index contributed by atoms with van der Waals surface area (Å²) in [5.74, 6) is 0.494. The second-order valence-electron chi connectivity index (χ2n) is 5.46. The smallest absolute Gasteiger partial charge is 0.207 e. The normalized spacial score (nSPS) is 12.7. The van der Waals surface area contributed by atoms with Gasteiger partial charge in [0, 0.05) is 18.5 Å². The lowest BCUT2D eigenvalue weighted by molar-refractivity contribution is 0.319. The lowest BCUT2D eigenvalue weighted by Gasteiger charge is -2.28. The molecule has 0 unspecified atom stereocenters. The van der Waals surface area contributed by atoms with E-state index in [0.717, 1.165) is 5.56 Å². The molecule has 0 amide bonds. The predicted molar refractivity (Wildman–Crippen MR) is 84.9 cm³/mol. The molecule has 114 valence electrons. The Hall–Kier alpha value is -0.290. The third kappa shape index (κ3) is 4.10. The zero-order chi connectivity index (χ0) is 15.5. The number of halogens is 2. The number of nitrogens with zero attached hydrogens (tertiary/aromatic N) is 1. The van der Waals surface area contributed by atoms with Gasteiger partial charge in [0.2, 0.25) is 10.0 Å². The van der Waals surface area contributed by atoms with Crippen LogP contribution in [0.15, 0.2) is 23.1 Å². The quantitative estimate of drug-likeness (QED) is 0.731. The molecule has 20 heavy (non-hydrogen) atoms. The Morgan fingerprint density at radius 2 is 1.80 bits per heavy atom. The van der Waals surface area contributed by atoms with Gasteiger partial charge in [0.05, 0.1) is 5.02 Å². The van der Waals surface area contributed by atoms with Gasteiger partial charge in [0.25, 0.3) is 0 Å². The van der Waals surface area contributed by atoms with Gasteiger partial charge in [-0.05, 0) is 37.5 Å². The van der Waals surface area contributed by atoms with Crippen LogP contribution in [0.4, 0.5) is 0 Å². The fourth-order valence-corrected chi connectivity index (χ4v) is 4.39. The van der Waals surface area contributed by atoms with Crippen molar-refractivity contribution in [2.75, 3.05) is 6.54 Å². The molecule has 0 aromatic heterocycles. The first-order valence-corrected chi connectivity index (χ1v) is 8.91. The first-order chi connectivity index (χ1) is 9.20. The molecule has 1 rings (SSSR count). The van der Waals surface area contributed by atoms with E-state index in [9.17, 15) is 8.42 Å². The van der Waals surface area contributed by atoms with E-state index < -0.39 is 10.0 Å². The minimum absolute atomic E-state index is 0.127. The molecular weight excluding hydrogens is 317 g/mol. The van der Waals surface area contributed by atoms with Crippen LogP contribution < -0.4 is 0 Å². The summed E-state index contributed by atoms with van der Waals surface area (Å²) in [5.41, 5.74) is 0.739. The molecule has 0 radical (unpaired) electrons. The highest BCUT2D eigenvalue weighted by atomic mass is 35.5. The second kappa shape index (κ2) is 7.12. The van der Waals surface area contributed by atoms with Gasteiger partial charge in [-0.3, -0.25) is 0 Å². The molecule has 0 saturated carbocycles. The Morgan fingerprint density at radius 1 is 1.20 bits per heavy atom. The van der Waals surface area contributed by atoms with Crippen LogP contribution in [0.1, 0.15) is 33.3 Å². The lowest BCUT2D eigenvalue weighted by Crippen LogP contribution is -2.39. The van der Waals surface area contributed by atoms with Crippen LogP contribution in [0.5, 0.6) is 0 Å². The van der Waals surface area contributed by atoms with Crippen molar-refractivity contribution in [3.8, 4) is 0 Å². The average Bonchev–Trinajstić information content (AvgIpc) is 2.35. The maximum absolute atomic E-state index is 12.8. The lowest BCUT2D eigenvalue weighted by atomic mass is 10.2. The van der Waals surface area contributed by atoms with Crippen molar-refractivity contribution in [3.63, 3.8) is 0 Å². The standard InChI is InChI=1S/C14H21Cl2NO2S/c1-10(2)9-17(11(3)4)20(18,19)14-7-12(8-15)5-6-13(14)16/h5-7,10-11H,8-9H2,1-4H3.